The molecule has 1 aromatic rings. The molecule has 2 rings (SSSR count). The number of hydrogen-bond acceptors (Lipinski definition) is 6. The largest absolute Gasteiger partial charge is 0.475 e. The SMILES string of the molecule is CCOc1nccnc1N1CC[C@@H](N(C)S(=O)(=O)N(C)C)C1. The molecular formula is C13H23N5O3S. The molecule has 1 saturated heterocycles. The number of likely N-dealkylation sites (N-methyl/N-ethyl adjacent to an activating group) is 1. The summed E-state index contributed by atoms with van der Waals surface area (Å²) in [6.07, 6.45) is 3.95. The molecule has 0 N–H and O–H groups in total. The van der Waals surface area contributed by atoms with Crippen LogP contribution in [-0.4, -0.2) is 73.9 Å². The van der Waals surface area contributed by atoms with E-state index < -0.39 is 10.2 Å². The second-order valence-corrected chi connectivity index (χ2v) is 7.51. The summed E-state index contributed by atoms with van der Waals surface area (Å²) in [5, 5.41) is 0. The molecule has 0 radical (unpaired) electrons. The van der Waals surface area contributed by atoms with E-state index in [-0.39, 0.29) is 6.04 Å². The smallest absolute Gasteiger partial charge is 0.281 e. The van der Waals surface area contributed by atoms with Crippen molar-refractivity contribution < 1.29 is 13.2 Å². The number of anilines is 1. The Morgan fingerprint density at radius 3 is 2.64 bits per heavy atom. The van der Waals surface area contributed by atoms with E-state index in [4.69, 9.17) is 4.74 Å². The van der Waals surface area contributed by atoms with Crippen LogP contribution in [0.1, 0.15) is 13.3 Å². The van der Waals surface area contributed by atoms with Gasteiger partial charge in [0.2, 0.25) is 0 Å². The van der Waals surface area contributed by atoms with Crippen LogP contribution in [-0.2, 0) is 10.2 Å². The highest BCUT2D eigenvalue weighted by Crippen LogP contribution is 2.28. The van der Waals surface area contributed by atoms with Gasteiger partial charge in [0.25, 0.3) is 16.1 Å². The zero-order valence-electron chi connectivity index (χ0n) is 13.4. The van der Waals surface area contributed by atoms with E-state index in [9.17, 15) is 8.42 Å². The summed E-state index contributed by atoms with van der Waals surface area (Å²) in [5.41, 5.74) is 0. The Labute approximate surface area is 131 Å². The van der Waals surface area contributed by atoms with Crippen molar-refractivity contribution >= 4 is 16.0 Å². The lowest BCUT2D eigenvalue weighted by Gasteiger charge is -2.27. The van der Waals surface area contributed by atoms with Crippen molar-refractivity contribution in [1.82, 2.24) is 18.6 Å². The van der Waals surface area contributed by atoms with Crippen LogP contribution in [0, 0.1) is 0 Å². The summed E-state index contributed by atoms with van der Waals surface area (Å²) in [6.45, 7) is 3.69. The van der Waals surface area contributed by atoms with Crippen LogP contribution in [0.4, 0.5) is 5.82 Å². The summed E-state index contributed by atoms with van der Waals surface area (Å²) in [5.74, 6) is 1.16. The van der Waals surface area contributed by atoms with Crippen LogP contribution in [0.25, 0.3) is 0 Å². The maximum absolute atomic E-state index is 12.2. The molecule has 2 heterocycles. The number of ether oxygens (including phenoxy) is 1. The fraction of sp³-hybridized carbons (Fsp3) is 0.692. The van der Waals surface area contributed by atoms with Gasteiger partial charge in [-0.3, -0.25) is 0 Å². The van der Waals surface area contributed by atoms with Crippen molar-refractivity contribution in [2.45, 2.75) is 19.4 Å². The molecule has 0 aromatic carbocycles. The van der Waals surface area contributed by atoms with E-state index in [0.717, 1.165) is 13.0 Å². The zero-order valence-corrected chi connectivity index (χ0v) is 14.2. The fourth-order valence-corrected chi connectivity index (χ4v) is 3.51. The van der Waals surface area contributed by atoms with Crippen LogP contribution >= 0.6 is 0 Å². The van der Waals surface area contributed by atoms with E-state index in [1.165, 1.54) is 22.7 Å². The van der Waals surface area contributed by atoms with Crippen molar-refractivity contribution in [2.75, 3.05) is 45.7 Å². The predicted octanol–water partition coefficient (Wildman–Crippen LogP) is 0.192. The molecule has 0 bridgehead atoms. The van der Waals surface area contributed by atoms with Crippen LogP contribution in [0.15, 0.2) is 12.4 Å². The molecule has 1 aromatic heterocycles. The zero-order chi connectivity index (χ0) is 16.3. The van der Waals surface area contributed by atoms with Crippen LogP contribution in [0.2, 0.25) is 0 Å². The maximum Gasteiger partial charge on any atom is 0.281 e. The Morgan fingerprint density at radius 2 is 2.00 bits per heavy atom. The normalized spacial score (nSPS) is 19.2. The van der Waals surface area contributed by atoms with Crippen molar-refractivity contribution in [3.63, 3.8) is 0 Å². The van der Waals surface area contributed by atoms with Crippen molar-refractivity contribution in [3.8, 4) is 5.88 Å². The highest BCUT2D eigenvalue weighted by atomic mass is 32.2. The third-order valence-electron chi connectivity index (χ3n) is 3.73. The quantitative estimate of drug-likeness (QED) is 0.741. The Bertz CT molecular complexity index is 607. The Balaban J connectivity index is 2.14. The molecule has 124 valence electrons. The van der Waals surface area contributed by atoms with Gasteiger partial charge in [0.05, 0.1) is 6.61 Å². The standard InChI is InChI=1S/C13H23N5O3S/c1-5-21-13-12(14-7-8-15-13)18-9-6-11(10-18)17(4)22(19,20)16(2)3/h7-8,11H,5-6,9-10H2,1-4H3/t11-/m1/s1. The summed E-state index contributed by atoms with van der Waals surface area (Å²) in [7, 11) is 1.27. The van der Waals surface area contributed by atoms with E-state index in [0.29, 0.717) is 24.8 Å². The summed E-state index contributed by atoms with van der Waals surface area (Å²) < 4.78 is 32.6. The average molecular weight is 329 g/mol. The first-order valence-electron chi connectivity index (χ1n) is 7.22. The van der Waals surface area contributed by atoms with Crippen LogP contribution < -0.4 is 9.64 Å². The van der Waals surface area contributed by atoms with E-state index in [1.807, 2.05) is 11.8 Å². The second kappa shape index (κ2) is 6.76. The van der Waals surface area contributed by atoms with Crippen molar-refractivity contribution in [2.24, 2.45) is 0 Å². The fourth-order valence-electron chi connectivity index (χ4n) is 2.45. The first-order chi connectivity index (χ1) is 10.4. The average Bonchev–Trinajstić information content (AvgIpc) is 2.96. The maximum atomic E-state index is 12.2. The first-order valence-corrected chi connectivity index (χ1v) is 8.61. The molecular weight excluding hydrogens is 306 g/mol. The van der Waals surface area contributed by atoms with Gasteiger partial charge in [0.1, 0.15) is 0 Å². The summed E-state index contributed by atoms with van der Waals surface area (Å²) >= 11 is 0. The van der Waals surface area contributed by atoms with E-state index in [2.05, 4.69) is 9.97 Å². The summed E-state index contributed by atoms with van der Waals surface area (Å²) in [4.78, 5) is 10.5. The van der Waals surface area contributed by atoms with Gasteiger partial charge < -0.3 is 9.64 Å². The Kier molecular flexibility index (Phi) is 5.20. The van der Waals surface area contributed by atoms with Gasteiger partial charge >= 0.3 is 0 Å². The van der Waals surface area contributed by atoms with Gasteiger partial charge in [-0.15, -0.1) is 0 Å². The molecule has 1 fully saturated rings. The second-order valence-electron chi connectivity index (χ2n) is 5.31. The third-order valence-corrected chi connectivity index (χ3v) is 5.68. The molecule has 0 aliphatic carbocycles. The number of aromatic nitrogens is 2. The highest BCUT2D eigenvalue weighted by molar-refractivity contribution is 7.86. The lowest BCUT2D eigenvalue weighted by atomic mass is 10.3. The lowest BCUT2D eigenvalue weighted by Crippen LogP contribution is -2.44. The van der Waals surface area contributed by atoms with Gasteiger partial charge in [-0.05, 0) is 13.3 Å². The van der Waals surface area contributed by atoms with Gasteiger partial charge in [-0.1, -0.05) is 0 Å². The monoisotopic (exact) mass is 329 g/mol. The van der Waals surface area contributed by atoms with Crippen molar-refractivity contribution in [1.29, 1.82) is 0 Å². The van der Waals surface area contributed by atoms with Crippen LogP contribution in [0.3, 0.4) is 0 Å². The molecule has 9 heteroatoms. The van der Waals surface area contributed by atoms with Gasteiger partial charge in [0, 0.05) is 52.7 Å². The summed E-state index contributed by atoms with van der Waals surface area (Å²) in [6, 6.07) is -0.0936. The van der Waals surface area contributed by atoms with Gasteiger partial charge in [-0.2, -0.15) is 17.0 Å². The minimum atomic E-state index is -3.41. The molecule has 22 heavy (non-hydrogen) atoms. The molecule has 8 nitrogen and oxygen atoms in total. The minimum Gasteiger partial charge on any atom is -0.475 e. The van der Waals surface area contributed by atoms with E-state index in [1.54, 1.807) is 19.4 Å². The van der Waals surface area contributed by atoms with Gasteiger partial charge in [0.15, 0.2) is 5.82 Å². The number of nitrogens with zero attached hydrogens (tertiary/aromatic N) is 5. The van der Waals surface area contributed by atoms with E-state index >= 15 is 0 Å². The molecule has 0 saturated carbocycles. The molecule has 0 amide bonds. The topological polar surface area (TPSA) is 78.9 Å². The Morgan fingerprint density at radius 1 is 1.32 bits per heavy atom. The number of rotatable bonds is 6. The van der Waals surface area contributed by atoms with Crippen molar-refractivity contribution in [3.05, 3.63) is 12.4 Å². The predicted molar refractivity (Wildman–Crippen MR) is 84.2 cm³/mol. The highest BCUT2D eigenvalue weighted by Gasteiger charge is 2.34. The molecule has 1 aliphatic heterocycles. The molecule has 0 spiro atoms. The lowest BCUT2D eigenvalue weighted by molar-refractivity contribution is 0.325. The van der Waals surface area contributed by atoms with Gasteiger partial charge in [-0.25, -0.2) is 9.97 Å². The Hall–Kier alpha value is -1.45. The number of hydrogen-bond donors (Lipinski definition) is 0. The molecule has 0 unspecified atom stereocenters. The molecule has 1 aliphatic rings. The minimum absolute atomic E-state index is 0.0936. The first kappa shape index (κ1) is 16.9. The van der Waals surface area contributed by atoms with Crippen LogP contribution in [0.5, 0.6) is 5.88 Å². The molecule has 1 atom stereocenters. The third kappa shape index (κ3) is 3.31.